The second-order valence-corrected chi connectivity index (χ2v) is 21.8. The maximum Gasteiger partial charge on any atom is 0.307 e. The second-order valence-electron chi connectivity index (χ2n) is 21.8. The molecular formula is C60H71N21O13. The van der Waals surface area contributed by atoms with Gasteiger partial charge < -0.3 is 106 Å². The molecule has 8 rings (SSSR count). The van der Waals surface area contributed by atoms with Crippen LogP contribution in [0.25, 0.3) is 0 Å². The van der Waals surface area contributed by atoms with Gasteiger partial charge in [0.2, 0.25) is 17.7 Å². The van der Waals surface area contributed by atoms with Gasteiger partial charge in [-0.2, -0.15) is 0 Å². The number of carbonyl (C=O) groups is 12. The molecule has 94 heavy (non-hydrogen) atoms. The number of aryl methyl sites for hydroxylation is 8. The van der Waals surface area contributed by atoms with Gasteiger partial charge in [0.15, 0.2) is 5.82 Å². The lowest BCUT2D eigenvalue weighted by Gasteiger charge is -2.13. The fraction of sp³-hybridized carbons (Fsp3) is 0.283. The number of imidazole rings is 1. The van der Waals surface area contributed by atoms with Crippen molar-refractivity contribution in [3.8, 4) is 0 Å². The molecule has 8 aromatic heterocycles. The van der Waals surface area contributed by atoms with Gasteiger partial charge in [0.1, 0.15) is 39.9 Å². The molecule has 0 spiro atoms. The van der Waals surface area contributed by atoms with Gasteiger partial charge in [-0.15, -0.1) is 0 Å². The summed E-state index contributed by atoms with van der Waals surface area (Å²) >= 11 is 0. The van der Waals surface area contributed by atoms with E-state index in [1.54, 1.807) is 66.3 Å². The third-order valence-electron chi connectivity index (χ3n) is 14.6. The number of methoxy groups -OCH3 is 1. The zero-order valence-corrected chi connectivity index (χ0v) is 52.5. The van der Waals surface area contributed by atoms with E-state index in [1.165, 1.54) is 125 Å². The average molecular weight is 1290 g/mol. The Kier molecular flexibility index (Phi) is 21.3. The largest absolute Gasteiger partial charge is 0.469 e. The SMILES string of the molecule is COC(=O)CCn1cc(NC(=O)c2cc(NC(=O)CCNC(=O)c3cc(NC(=O)c4nccn4C)cn3C)cn2C)cc1C(=O)NCCC(N)C(=O)Nc1cc(C(=O)Nc2cc(C(=O)Nc3cc(C(=O)NCCC(=O)Nc4cc(C(N)=O)n(C)c4)n(C)c3)n(C)c2)n(C)c1. The van der Waals surface area contributed by atoms with Crippen LogP contribution in [0.15, 0.2) is 98.2 Å². The number of amides is 11. The summed E-state index contributed by atoms with van der Waals surface area (Å²) in [5.74, 6) is -6.35. The fourth-order valence-corrected chi connectivity index (χ4v) is 9.80. The van der Waals surface area contributed by atoms with Gasteiger partial charge in [-0.1, -0.05) is 0 Å². The Hall–Kier alpha value is -12.2. The highest BCUT2D eigenvalue weighted by Gasteiger charge is 2.24. The Morgan fingerprint density at radius 2 is 0.777 bits per heavy atom. The molecule has 0 aliphatic heterocycles. The summed E-state index contributed by atoms with van der Waals surface area (Å²) in [5.41, 5.74) is 14.7. The predicted molar refractivity (Wildman–Crippen MR) is 342 cm³/mol. The molecule has 0 radical (unpaired) electrons. The molecule has 0 saturated carbocycles. The summed E-state index contributed by atoms with van der Waals surface area (Å²) in [7, 11) is 12.5. The summed E-state index contributed by atoms with van der Waals surface area (Å²) in [6, 6.07) is 8.93. The third kappa shape index (κ3) is 17.0. The number of rotatable bonds is 28. The van der Waals surface area contributed by atoms with Crippen LogP contribution in [-0.4, -0.2) is 145 Å². The minimum absolute atomic E-state index is 0.0131. The molecule has 0 aromatic carbocycles. The number of nitrogens with two attached hydrogens (primary N) is 2. The van der Waals surface area contributed by atoms with E-state index >= 15 is 0 Å². The van der Waals surface area contributed by atoms with E-state index in [4.69, 9.17) is 16.2 Å². The number of primary amides is 1. The summed E-state index contributed by atoms with van der Waals surface area (Å²) in [5, 5.41) is 27.0. The number of hydrogen-bond acceptors (Lipinski definition) is 15. The van der Waals surface area contributed by atoms with Gasteiger partial charge in [-0.25, -0.2) is 4.98 Å². The molecule has 1 atom stereocenters. The molecule has 0 aliphatic carbocycles. The molecule has 11 amide bonds. The Bertz CT molecular complexity index is 4270. The van der Waals surface area contributed by atoms with E-state index in [0.29, 0.717) is 17.1 Å². The molecule has 494 valence electrons. The molecule has 8 heterocycles. The van der Waals surface area contributed by atoms with Crippen LogP contribution in [0.1, 0.15) is 110 Å². The van der Waals surface area contributed by atoms with Crippen LogP contribution in [0, 0.1) is 0 Å². The number of hydrogen-bond donors (Lipinski definition) is 12. The van der Waals surface area contributed by atoms with Crippen molar-refractivity contribution in [3.05, 3.63) is 144 Å². The Balaban J connectivity index is 0.774. The van der Waals surface area contributed by atoms with Gasteiger partial charge in [0, 0.05) is 144 Å². The van der Waals surface area contributed by atoms with Crippen molar-refractivity contribution in [1.29, 1.82) is 0 Å². The molecular weight excluding hydrogens is 1220 g/mol. The first-order valence-electron chi connectivity index (χ1n) is 28.9. The maximum absolute atomic E-state index is 13.6. The number of nitrogens with zero attached hydrogens (tertiary/aromatic N) is 9. The molecule has 14 N–H and O–H groups in total. The predicted octanol–water partition coefficient (Wildman–Crippen LogP) is 1.53. The highest BCUT2D eigenvalue weighted by Crippen LogP contribution is 2.23. The first-order valence-corrected chi connectivity index (χ1v) is 28.9. The van der Waals surface area contributed by atoms with Gasteiger partial charge in [0.05, 0.1) is 59.4 Å². The van der Waals surface area contributed by atoms with Gasteiger partial charge >= 0.3 is 5.97 Å². The van der Waals surface area contributed by atoms with Crippen LogP contribution in [0.5, 0.6) is 0 Å². The van der Waals surface area contributed by atoms with Gasteiger partial charge in [0.25, 0.3) is 47.3 Å². The Labute approximate surface area is 535 Å². The summed E-state index contributed by atoms with van der Waals surface area (Å²) < 4.78 is 16.7. The van der Waals surface area contributed by atoms with Crippen molar-refractivity contribution in [3.63, 3.8) is 0 Å². The average Bonchev–Trinajstić information content (AvgIpc) is 2.34. The lowest BCUT2D eigenvalue weighted by Crippen LogP contribution is -2.39. The number of nitrogens with one attached hydrogen (secondary N) is 10. The molecule has 8 aromatic rings. The normalized spacial score (nSPS) is 11.2. The summed E-state index contributed by atoms with van der Waals surface area (Å²) in [4.78, 5) is 159. The van der Waals surface area contributed by atoms with Crippen LogP contribution in [0.4, 0.5) is 39.8 Å². The van der Waals surface area contributed by atoms with Crippen LogP contribution < -0.4 is 64.6 Å². The number of ether oxygens (including phenoxy) is 1. The molecule has 34 nitrogen and oxygen atoms in total. The molecule has 1 unspecified atom stereocenters. The van der Waals surface area contributed by atoms with E-state index in [1.807, 2.05) is 0 Å². The molecule has 0 saturated heterocycles. The van der Waals surface area contributed by atoms with E-state index in [2.05, 4.69) is 58.2 Å². The van der Waals surface area contributed by atoms with Gasteiger partial charge in [-0.05, 0) is 48.9 Å². The number of anilines is 7. The van der Waals surface area contributed by atoms with Crippen LogP contribution in [0.2, 0.25) is 0 Å². The quantitative estimate of drug-likeness (QED) is 0.0310. The topological polar surface area (TPSA) is 439 Å². The highest BCUT2D eigenvalue weighted by atomic mass is 16.5. The van der Waals surface area contributed by atoms with Crippen molar-refractivity contribution in [2.45, 2.75) is 38.3 Å². The third-order valence-corrected chi connectivity index (χ3v) is 14.6. The van der Waals surface area contributed by atoms with Gasteiger partial charge in [-0.3, -0.25) is 57.5 Å². The smallest absolute Gasteiger partial charge is 0.307 e. The number of esters is 1. The minimum Gasteiger partial charge on any atom is -0.469 e. The van der Waals surface area contributed by atoms with Crippen molar-refractivity contribution < 1.29 is 62.3 Å². The molecule has 0 aliphatic rings. The van der Waals surface area contributed by atoms with E-state index in [-0.39, 0.29) is 120 Å². The van der Waals surface area contributed by atoms with Crippen LogP contribution in [0.3, 0.4) is 0 Å². The summed E-state index contributed by atoms with van der Waals surface area (Å²) in [6.07, 6.45) is 13.4. The van der Waals surface area contributed by atoms with Crippen LogP contribution >= 0.6 is 0 Å². The molecule has 0 bridgehead atoms. The Morgan fingerprint density at radius 3 is 1.18 bits per heavy atom. The lowest BCUT2D eigenvalue weighted by molar-refractivity contribution is -0.140. The van der Waals surface area contributed by atoms with Crippen molar-refractivity contribution >= 4 is 111 Å². The lowest BCUT2D eigenvalue weighted by atomic mass is 10.2. The monoisotopic (exact) mass is 1290 g/mol. The first kappa shape index (κ1) is 67.7. The fourth-order valence-electron chi connectivity index (χ4n) is 9.80. The second kappa shape index (κ2) is 29.6. The first-order chi connectivity index (χ1) is 44.6. The van der Waals surface area contributed by atoms with Crippen molar-refractivity contribution in [1.82, 2.24) is 57.5 Å². The standard InChI is InChI=1S/C60H71N21O13/c1-74-18-16-63-52(74)60(93)73-38-22-43(77(4)31-38)55(88)66-15-11-49(83)68-34-20-44(78(5)27-34)59(92)72-39-25-47(81(32-39)17-12-50(84)94-8)56(89)64-13-9-40(61)53(86)69-35-23-45(79(6)28-35)57(90)71-37-24-46(80(7)30-37)58(91)70-36-21-42(76(3)29-36)54(87)65-14-10-48(82)67-33-19-41(51(62)85)75(2)26-33/h16,18-32,40H,9-15,17,61H2,1-8H3,(H2,62,85)(H,64,89)(H,65,87)(H,66,88)(H,67,82)(H,68,83)(H,69,86)(H,70,91)(H,71,90)(H,72,92)(H,73,93). The van der Waals surface area contributed by atoms with Crippen LogP contribution in [-0.2, 0) is 79.8 Å². The maximum atomic E-state index is 13.6. The van der Waals surface area contributed by atoms with E-state index < -0.39 is 77.0 Å². The number of carbonyl (C=O) groups excluding carboxylic acids is 12. The van der Waals surface area contributed by atoms with E-state index in [9.17, 15) is 57.5 Å². The highest BCUT2D eigenvalue weighted by molar-refractivity contribution is 6.09. The zero-order chi connectivity index (χ0) is 68.2. The van der Waals surface area contributed by atoms with Crippen molar-refractivity contribution in [2.24, 2.45) is 60.8 Å². The number of aromatic nitrogens is 9. The summed E-state index contributed by atoms with van der Waals surface area (Å²) in [6.45, 7) is -0.150. The minimum atomic E-state index is -1.14. The zero-order valence-electron chi connectivity index (χ0n) is 52.5. The van der Waals surface area contributed by atoms with E-state index in [0.717, 1.165) is 0 Å². The van der Waals surface area contributed by atoms with Crippen molar-refractivity contribution in [2.75, 3.05) is 64.0 Å². The molecule has 34 heteroatoms. The molecule has 0 fully saturated rings. The Morgan fingerprint density at radius 1 is 0.426 bits per heavy atom.